The smallest absolute Gasteiger partial charge is 0.361 e. The van der Waals surface area contributed by atoms with E-state index in [9.17, 15) is 18.0 Å². The lowest BCUT2D eigenvalue weighted by Gasteiger charge is -2.30. The zero-order valence-corrected chi connectivity index (χ0v) is 11.4. The van der Waals surface area contributed by atoms with Gasteiger partial charge in [-0.15, -0.1) is 0 Å². The molecule has 1 aromatic heterocycles. The molecule has 1 amide bonds. The van der Waals surface area contributed by atoms with Gasteiger partial charge in [0.1, 0.15) is 12.3 Å². The van der Waals surface area contributed by atoms with Crippen LogP contribution in [0.3, 0.4) is 0 Å². The maximum Gasteiger partial charge on any atom is 0.406 e. The summed E-state index contributed by atoms with van der Waals surface area (Å²) in [5.74, 6) is 0.154. The fraction of sp³-hybridized carbons (Fsp3) is 0.692. The summed E-state index contributed by atoms with van der Waals surface area (Å²) in [6.45, 7) is 2.14. The molecule has 4 nitrogen and oxygen atoms in total. The predicted octanol–water partition coefficient (Wildman–Crippen LogP) is 2.71. The molecule has 0 spiro atoms. The van der Waals surface area contributed by atoms with Crippen LogP contribution in [0.15, 0.2) is 10.6 Å². The lowest BCUT2D eigenvalue weighted by Crippen LogP contribution is -2.46. The third-order valence-electron chi connectivity index (χ3n) is 3.47. The normalized spacial score (nSPS) is 17.1. The number of nitrogens with zero attached hydrogens (tertiary/aromatic N) is 2. The lowest BCUT2D eigenvalue weighted by molar-refractivity contribution is -0.165. The van der Waals surface area contributed by atoms with E-state index >= 15 is 0 Å². The fourth-order valence-electron chi connectivity index (χ4n) is 2.24. The van der Waals surface area contributed by atoms with Gasteiger partial charge in [0.05, 0.1) is 12.1 Å². The molecule has 2 rings (SSSR count). The topological polar surface area (TPSA) is 46.3 Å². The predicted molar refractivity (Wildman–Crippen MR) is 64.9 cm³/mol. The summed E-state index contributed by atoms with van der Waals surface area (Å²) in [5.41, 5.74) is 0.364. The quantitative estimate of drug-likeness (QED) is 0.837. The molecule has 7 heteroatoms. The highest BCUT2D eigenvalue weighted by atomic mass is 19.4. The maximum absolute atomic E-state index is 12.6. The minimum Gasteiger partial charge on any atom is -0.361 e. The Labute approximate surface area is 114 Å². The average Bonchev–Trinajstić information content (AvgIpc) is 3.09. The van der Waals surface area contributed by atoms with Gasteiger partial charge in [0, 0.05) is 12.1 Å². The first-order chi connectivity index (χ1) is 9.26. The van der Waals surface area contributed by atoms with Gasteiger partial charge in [-0.25, -0.2) is 0 Å². The fourth-order valence-corrected chi connectivity index (χ4v) is 2.24. The standard InChI is InChI=1S/C13H17F3N2O2/c1-8-5-11(17-20-8)6-12(19)18(7-13(14,15)16)9(2)10-3-4-10/h5,9-10H,3-4,6-7H2,1-2H3/t9-/m0/s1. The Morgan fingerprint density at radius 2 is 2.20 bits per heavy atom. The summed E-state index contributed by atoms with van der Waals surface area (Å²) in [5, 5.41) is 3.65. The number of carbonyl (C=O) groups excluding carboxylic acids is 1. The molecular formula is C13H17F3N2O2. The van der Waals surface area contributed by atoms with Gasteiger partial charge < -0.3 is 9.42 Å². The van der Waals surface area contributed by atoms with Crippen LogP contribution in [0.1, 0.15) is 31.2 Å². The van der Waals surface area contributed by atoms with Crippen LogP contribution in [-0.2, 0) is 11.2 Å². The zero-order chi connectivity index (χ0) is 14.9. The lowest BCUT2D eigenvalue weighted by atomic mass is 10.1. The van der Waals surface area contributed by atoms with Crippen LogP contribution in [0, 0.1) is 12.8 Å². The summed E-state index contributed by atoms with van der Waals surface area (Å²) in [6, 6.07) is 1.17. The van der Waals surface area contributed by atoms with Gasteiger partial charge >= 0.3 is 6.18 Å². The van der Waals surface area contributed by atoms with Gasteiger partial charge in [-0.05, 0) is 32.6 Å². The molecule has 1 heterocycles. The molecule has 0 saturated heterocycles. The molecule has 1 atom stereocenters. The van der Waals surface area contributed by atoms with Gasteiger partial charge in [-0.2, -0.15) is 13.2 Å². The molecule has 0 aliphatic heterocycles. The van der Waals surface area contributed by atoms with Crippen molar-refractivity contribution in [2.24, 2.45) is 5.92 Å². The van der Waals surface area contributed by atoms with Crippen LogP contribution < -0.4 is 0 Å². The summed E-state index contributed by atoms with van der Waals surface area (Å²) >= 11 is 0. The minimum absolute atomic E-state index is 0.162. The molecule has 1 saturated carbocycles. The first kappa shape index (κ1) is 14.9. The minimum atomic E-state index is -4.39. The Kier molecular flexibility index (Phi) is 4.06. The van der Waals surface area contributed by atoms with Crippen molar-refractivity contribution in [3.05, 3.63) is 17.5 Å². The van der Waals surface area contributed by atoms with Gasteiger partial charge in [0.25, 0.3) is 0 Å². The highest BCUT2D eigenvalue weighted by Gasteiger charge is 2.40. The van der Waals surface area contributed by atoms with Crippen LogP contribution in [0.5, 0.6) is 0 Å². The van der Waals surface area contributed by atoms with E-state index in [4.69, 9.17) is 4.52 Å². The molecule has 1 aliphatic rings. The van der Waals surface area contributed by atoms with Crippen molar-refractivity contribution >= 4 is 5.91 Å². The summed E-state index contributed by atoms with van der Waals surface area (Å²) in [4.78, 5) is 13.0. The van der Waals surface area contributed by atoms with Crippen molar-refractivity contribution in [3.63, 3.8) is 0 Å². The number of aromatic nitrogens is 1. The molecule has 20 heavy (non-hydrogen) atoms. The summed E-state index contributed by atoms with van der Waals surface area (Å²) < 4.78 is 42.7. The van der Waals surface area contributed by atoms with E-state index in [0.717, 1.165) is 17.7 Å². The molecule has 1 aromatic rings. The van der Waals surface area contributed by atoms with E-state index in [1.54, 1.807) is 19.9 Å². The first-order valence-corrected chi connectivity index (χ1v) is 6.54. The molecule has 0 radical (unpaired) electrons. The third kappa shape index (κ3) is 3.98. The Morgan fingerprint density at radius 3 is 2.65 bits per heavy atom. The Bertz CT molecular complexity index is 480. The number of amides is 1. The van der Waals surface area contributed by atoms with Crippen molar-refractivity contribution < 1.29 is 22.5 Å². The molecule has 0 unspecified atom stereocenters. The highest BCUT2D eigenvalue weighted by Crippen LogP contribution is 2.36. The third-order valence-corrected chi connectivity index (χ3v) is 3.47. The monoisotopic (exact) mass is 290 g/mol. The van der Waals surface area contributed by atoms with Crippen molar-refractivity contribution in [3.8, 4) is 0 Å². The molecule has 0 bridgehead atoms. The van der Waals surface area contributed by atoms with Crippen LogP contribution in [-0.4, -0.2) is 34.7 Å². The number of aryl methyl sites for hydroxylation is 1. The molecule has 0 N–H and O–H groups in total. The average molecular weight is 290 g/mol. The number of hydrogen-bond donors (Lipinski definition) is 0. The molecular weight excluding hydrogens is 273 g/mol. The van der Waals surface area contributed by atoms with Gasteiger partial charge in [0.15, 0.2) is 0 Å². The number of halogens is 3. The zero-order valence-electron chi connectivity index (χ0n) is 11.4. The molecule has 1 aliphatic carbocycles. The van der Waals surface area contributed by atoms with Crippen LogP contribution in [0.4, 0.5) is 13.2 Å². The van der Waals surface area contributed by atoms with Gasteiger partial charge in [-0.1, -0.05) is 5.16 Å². The van der Waals surface area contributed by atoms with Gasteiger partial charge in [0.2, 0.25) is 5.91 Å². The van der Waals surface area contributed by atoms with E-state index in [1.807, 2.05) is 0 Å². The SMILES string of the molecule is Cc1cc(CC(=O)N(CC(F)(F)F)[C@@H](C)C2CC2)no1. The van der Waals surface area contributed by atoms with Crippen LogP contribution in [0.2, 0.25) is 0 Å². The largest absolute Gasteiger partial charge is 0.406 e. The van der Waals surface area contributed by atoms with Crippen LogP contribution in [0.25, 0.3) is 0 Å². The summed E-state index contributed by atoms with van der Waals surface area (Å²) in [6.07, 6.45) is -2.79. The van der Waals surface area contributed by atoms with E-state index < -0.39 is 24.7 Å². The van der Waals surface area contributed by atoms with Crippen molar-refractivity contribution in [2.75, 3.05) is 6.54 Å². The van der Waals surface area contributed by atoms with E-state index in [2.05, 4.69) is 5.16 Å². The van der Waals surface area contributed by atoms with Gasteiger partial charge in [-0.3, -0.25) is 4.79 Å². The first-order valence-electron chi connectivity index (χ1n) is 6.54. The maximum atomic E-state index is 12.6. The molecule has 1 fully saturated rings. The number of rotatable bonds is 5. The van der Waals surface area contributed by atoms with Crippen molar-refractivity contribution in [1.29, 1.82) is 0 Å². The molecule has 0 aromatic carbocycles. The number of alkyl halides is 3. The Morgan fingerprint density at radius 1 is 1.55 bits per heavy atom. The van der Waals surface area contributed by atoms with E-state index in [1.165, 1.54) is 0 Å². The second kappa shape index (κ2) is 5.46. The van der Waals surface area contributed by atoms with E-state index in [-0.39, 0.29) is 12.3 Å². The Balaban J connectivity index is 2.06. The van der Waals surface area contributed by atoms with Crippen LogP contribution >= 0.6 is 0 Å². The number of carbonyl (C=O) groups is 1. The molecule has 112 valence electrons. The van der Waals surface area contributed by atoms with Crippen molar-refractivity contribution in [1.82, 2.24) is 10.1 Å². The number of hydrogen-bond acceptors (Lipinski definition) is 3. The van der Waals surface area contributed by atoms with Crippen molar-refractivity contribution in [2.45, 2.75) is 45.3 Å². The second-order valence-corrected chi connectivity index (χ2v) is 5.32. The highest BCUT2D eigenvalue weighted by molar-refractivity contribution is 5.78. The summed E-state index contributed by atoms with van der Waals surface area (Å²) in [7, 11) is 0. The van der Waals surface area contributed by atoms with E-state index in [0.29, 0.717) is 11.5 Å². The second-order valence-electron chi connectivity index (χ2n) is 5.32. The Hall–Kier alpha value is -1.53.